The number of rotatable bonds is 3. The highest BCUT2D eigenvalue weighted by Crippen LogP contribution is 2.32. The Morgan fingerprint density at radius 1 is 1.21 bits per heavy atom. The normalized spacial score (nSPS) is 10.0. The summed E-state index contributed by atoms with van der Waals surface area (Å²) in [7, 11) is 1.51. The number of halogens is 1. The second kappa shape index (κ2) is 5.51. The average Bonchev–Trinajstić information content (AvgIpc) is 2.46. The van der Waals surface area contributed by atoms with E-state index in [4.69, 9.17) is 15.7 Å². The first kappa shape index (κ1) is 13.1. The molecular weight excluding hydrogens is 243 g/mol. The van der Waals surface area contributed by atoms with E-state index in [-0.39, 0.29) is 12.4 Å². The van der Waals surface area contributed by atoms with Gasteiger partial charge in [0, 0.05) is 17.7 Å². The van der Waals surface area contributed by atoms with E-state index in [1.54, 1.807) is 30.3 Å². The minimum Gasteiger partial charge on any atom is -0.496 e. The predicted octanol–water partition coefficient (Wildman–Crippen LogP) is 2.83. The maximum Gasteiger partial charge on any atom is 0.131 e. The number of nitrogens with zero attached hydrogens (tertiary/aromatic N) is 1. The van der Waals surface area contributed by atoms with E-state index in [1.165, 1.54) is 13.2 Å². The van der Waals surface area contributed by atoms with Crippen LogP contribution in [0.5, 0.6) is 5.75 Å². The van der Waals surface area contributed by atoms with E-state index < -0.39 is 0 Å². The zero-order chi connectivity index (χ0) is 13.8. The lowest BCUT2D eigenvalue weighted by Crippen LogP contribution is -1.98. The number of hydrogen-bond acceptors (Lipinski definition) is 3. The number of ether oxygens (including phenoxy) is 1. The van der Waals surface area contributed by atoms with Gasteiger partial charge in [-0.3, -0.25) is 0 Å². The van der Waals surface area contributed by atoms with Crippen molar-refractivity contribution in [2.45, 2.75) is 6.54 Å². The van der Waals surface area contributed by atoms with Crippen LogP contribution in [0.2, 0.25) is 0 Å². The molecule has 0 spiro atoms. The van der Waals surface area contributed by atoms with Crippen LogP contribution >= 0.6 is 0 Å². The lowest BCUT2D eigenvalue weighted by atomic mass is 10.00. The number of methoxy groups -OCH3 is 1. The maximum absolute atomic E-state index is 14.1. The van der Waals surface area contributed by atoms with Gasteiger partial charge in [-0.15, -0.1) is 0 Å². The number of nitriles is 1. The molecule has 0 aliphatic carbocycles. The Hall–Kier alpha value is -2.38. The molecule has 0 fully saturated rings. The summed E-state index contributed by atoms with van der Waals surface area (Å²) in [5, 5.41) is 8.92. The first-order chi connectivity index (χ1) is 9.19. The maximum atomic E-state index is 14.1. The van der Waals surface area contributed by atoms with Crippen LogP contribution in [0, 0.1) is 17.1 Å². The Kier molecular flexibility index (Phi) is 3.79. The van der Waals surface area contributed by atoms with Gasteiger partial charge in [0.25, 0.3) is 0 Å². The largest absolute Gasteiger partial charge is 0.496 e. The molecule has 0 saturated carbocycles. The summed E-state index contributed by atoms with van der Waals surface area (Å²) in [6, 6.07) is 11.7. The molecular formula is C15H13FN2O. The van der Waals surface area contributed by atoms with Crippen molar-refractivity contribution >= 4 is 0 Å². The minimum atomic E-state index is -0.378. The third-order valence-corrected chi connectivity index (χ3v) is 2.89. The molecule has 19 heavy (non-hydrogen) atoms. The molecule has 0 aliphatic heterocycles. The van der Waals surface area contributed by atoms with Crippen LogP contribution in [0.25, 0.3) is 11.1 Å². The first-order valence-electron chi connectivity index (χ1n) is 5.76. The van der Waals surface area contributed by atoms with Gasteiger partial charge in [0.2, 0.25) is 0 Å². The molecule has 3 nitrogen and oxygen atoms in total. The van der Waals surface area contributed by atoms with Gasteiger partial charge in [-0.25, -0.2) is 4.39 Å². The van der Waals surface area contributed by atoms with Gasteiger partial charge in [-0.1, -0.05) is 12.1 Å². The molecule has 0 saturated heterocycles. The van der Waals surface area contributed by atoms with Crippen LogP contribution < -0.4 is 10.5 Å². The smallest absolute Gasteiger partial charge is 0.131 e. The number of nitrogens with two attached hydrogens (primary N) is 1. The van der Waals surface area contributed by atoms with Crippen LogP contribution in [-0.2, 0) is 6.54 Å². The molecule has 0 amide bonds. The summed E-state index contributed by atoms with van der Waals surface area (Å²) in [5.41, 5.74) is 7.60. The van der Waals surface area contributed by atoms with Gasteiger partial charge in [0.15, 0.2) is 0 Å². The van der Waals surface area contributed by atoms with Crippen molar-refractivity contribution in [1.82, 2.24) is 0 Å². The van der Waals surface area contributed by atoms with Gasteiger partial charge in [0.05, 0.1) is 18.7 Å². The van der Waals surface area contributed by atoms with E-state index in [1.807, 2.05) is 6.07 Å². The number of benzene rings is 2. The van der Waals surface area contributed by atoms with E-state index >= 15 is 0 Å². The molecule has 2 rings (SSSR count). The molecule has 0 heterocycles. The Bertz CT molecular complexity index is 647. The lowest BCUT2D eigenvalue weighted by Gasteiger charge is -2.10. The molecule has 2 aromatic carbocycles. The van der Waals surface area contributed by atoms with Crippen molar-refractivity contribution in [3.63, 3.8) is 0 Å². The Labute approximate surface area is 111 Å². The van der Waals surface area contributed by atoms with Gasteiger partial charge in [0.1, 0.15) is 11.6 Å². The summed E-state index contributed by atoms with van der Waals surface area (Å²) in [5.74, 6) is 0.148. The van der Waals surface area contributed by atoms with Gasteiger partial charge in [-0.05, 0) is 29.8 Å². The quantitative estimate of drug-likeness (QED) is 0.918. The molecule has 0 unspecified atom stereocenters. The van der Waals surface area contributed by atoms with Crippen LogP contribution in [0.1, 0.15) is 11.1 Å². The highest BCUT2D eigenvalue weighted by atomic mass is 19.1. The van der Waals surface area contributed by atoms with Gasteiger partial charge >= 0.3 is 0 Å². The second-order valence-corrected chi connectivity index (χ2v) is 4.05. The standard InChI is InChI=1S/C15H13FN2O/c1-19-15-5-3-10(8-17)6-13(15)12-4-2-11(9-18)7-14(12)16/h2-7H,9,18H2,1H3. The molecule has 2 N–H and O–H groups in total. The van der Waals surface area contributed by atoms with Crippen molar-refractivity contribution in [2.75, 3.05) is 7.11 Å². The van der Waals surface area contributed by atoms with Crippen LogP contribution in [0.15, 0.2) is 36.4 Å². The van der Waals surface area contributed by atoms with E-state index in [9.17, 15) is 4.39 Å². The van der Waals surface area contributed by atoms with Gasteiger partial charge < -0.3 is 10.5 Å². The highest BCUT2D eigenvalue weighted by molar-refractivity contribution is 5.72. The molecule has 0 radical (unpaired) electrons. The summed E-state index contributed by atoms with van der Waals surface area (Å²) < 4.78 is 19.3. The fraction of sp³-hybridized carbons (Fsp3) is 0.133. The molecule has 2 aromatic rings. The Morgan fingerprint density at radius 2 is 2.00 bits per heavy atom. The fourth-order valence-corrected chi connectivity index (χ4v) is 1.89. The van der Waals surface area contributed by atoms with E-state index in [0.29, 0.717) is 22.4 Å². The van der Waals surface area contributed by atoms with Crippen molar-refractivity contribution in [1.29, 1.82) is 5.26 Å². The summed E-state index contributed by atoms with van der Waals surface area (Å²) in [6.07, 6.45) is 0. The van der Waals surface area contributed by atoms with Crippen molar-refractivity contribution < 1.29 is 9.13 Å². The fourth-order valence-electron chi connectivity index (χ4n) is 1.89. The van der Waals surface area contributed by atoms with E-state index in [0.717, 1.165) is 5.56 Å². The van der Waals surface area contributed by atoms with E-state index in [2.05, 4.69) is 0 Å². The molecule has 4 heteroatoms. The zero-order valence-corrected chi connectivity index (χ0v) is 10.5. The molecule has 96 valence electrons. The topological polar surface area (TPSA) is 59.0 Å². The summed E-state index contributed by atoms with van der Waals surface area (Å²) in [4.78, 5) is 0. The molecule has 0 aliphatic rings. The van der Waals surface area contributed by atoms with Crippen molar-refractivity contribution in [3.05, 3.63) is 53.3 Å². The van der Waals surface area contributed by atoms with Gasteiger partial charge in [-0.2, -0.15) is 5.26 Å². The Morgan fingerprint density at radius 3 is 2.58 bits per heavy atom. The lowest BCUT2D eigenvalue weighted by molar-refractivity contribution is 0.416. The first-order valence-corrected chi connectivity index (χ1v) is 5.76. The Balaban J connectivity index is 2.60. The average molecular weight is 256 g/mol. The molecule has 0 bridgehead atoms. The molecule has 0 atom stereocenters. The summed E-state index contributed by atoms with van der Waals surface area (Å²) in [6.45, 7) is 0.284. The van der Waals surface area contributed by atoms with Crippen molar-refractivity contribution in [2.24, 2.45) is 5.73 Å². The SMILES string of the molecule is COc1ccc(C#N)cc1-c1ccc(CN)cc1F. The minimum absolute atomic E-state index is 0.284. The molecule has 0 aromatic heterocycles. The third kappa shape index (κ3) is 2.56. The highest BCUT2D eigenvalue weighted by Gasteiger charge is 2.12. The third-order valence-electron chi connectivity index (χ3n) is 2.89. The monoisotopic (exact) mass is 256 g/mol. The second-order valence-electron chi connectivity index (χ2n) is 4.05. The zero-order valence-electron chi connectivity index (χ0n) is 10.5. The predicted molar refractivity (Wildman–Crippen MR) is 71.0 cm³/mol. The van der Waals surface area contributed by atoms with Crippen LogP contribution in [0.3, 0.4) is 0 Å². The number of hydrogen-bond donors (Lipinski definition) is 1. The van der Waals surface area contributed by atoms with Crippen LogP contribution in [0.4, 0.5) is 4.39 Å². The van der Waals surface area contributed by atoms with Crippen molar-refractivity contribution in [3.8, 4) is 22.9 Å². The van der Waals surface area contributed by atoms with Crippen LogP contribution in [-0.4, -0.2) is 7.11 Å². The summed E-state index contributed by atoms with van der Waals surface area (Å²) >= 11 is 0.